The van der Waals surface area contributed by atoms with E-state index in [9.17, 15) is 4.79 Å². The van der Waals surface area contributed by atoms with Crippen LogP contribution in [0.2, 0.25) is 0 Å². The number of carbonyl (C=O) groups excluding carboxylic acids is 1. The van der Waals surface area contributed by atoms with Crippen LogP contribution in [0.3, 0.4) is 0 Å². The van der Waals surface area contributed by atoms with Crippen molar-refractivity contribution in [1.29, 1.82) is 0 Å². The normalized spacial score (nSPS) is 10.5. The first kappa shape index (κ1) is 19.3. The number of rotatable bonds is 10. The van der Waals surface area contributed by atoms with Crippen molar-refractivity contribution in [3.05, 3.63) is 72.3 Å². The summed E-state index contributed by atoms with van der Waals surface area (Å²) >= 11 is 0. The van der Waals surface area contributed by atoms with E-state index in [4.69, 9.17) is 14.2 Å². The summed E-state index contributed by atoms with van der Waals surface area (Å²) in [4.78, 5) is 12.4. The van der Waals surface area contributed by atoms with Gasteiger partial charge in [-0.3, -0.25) is 4.79 Å². The molecule has 0 radical (unpaired) electrons. The van der Waals surface area contributed by atoms with Crippen molar-refractivity contribution in [2.45, 2.75) is 13.8 Å². The molecular formula is C22H24O4. The van der Waals surface area contributed by atoms with E-state index in [0.717, 1.165) is 11.3 Å². The highest BCUT2D eigenvalue weighted by molar-refractivity contribution is 6.07. The monoisotopic (exact) mass is 352 g/mol. The molecule has 26 heavy (non-hydrogen) atoms. The Morgan fingerprint density at radius 3 is 2.31 bits per heavy atom. The first-order valence-electron chi connectivity index (χ1n) is 8.63. The van der Waals surface area contributed by atoms with Crippen LogP contribution < -0.4 is 14.2 Å². The first-order chi connectivity index (χ1) is 12.7. The molecule has 2 aromatic rings. The molecule has 0 amide bonds. The second kappa shape index (κ2) is 10.1. The molecule has 4 heteroatoms. The van der Waals surface area contributed by atoms with Gasteiger partial charge in [-0.15, -0.1) is 0 Å². The van der Waals surface area contributed by atoms with E-state index in [1.54, 1.807) is 36.4 Å². The molecule has 0 aromatic heterocycles. The minimum atomic E-state index is -0.0865. The zero-order chi connectivity index (χ0) is 18.8. The lowest BCUT2D eigenvalue weighted by molar-refractivity contribution is 0.104. The van der Waals surface area contributed by atoms with Crippen molar-refractivity contribution < 1.29 is 19.0 Å². The number of hydrogen-bond donors (Lipinski definition) is 0. The average molecular weight is 352 g/mol. The summed E-state index contributed by atoms with van der Waals surface area (Å²) in [7, 11) is 0. The van der Waals surface area contributed by atoms with Crippen molar-refractivity contribution in [3.8, 4) is 17.2 Å². The van der Waals surface area contributed by atoms with Crippen LogP contribution in [0.25, 0.3) is 6.08 Å². The third kappa shape index (κ3) is 5.52. The van der Waals surface area contributed by atoms with Crippen LogP contribution in [0.15, 0.2) is 61.2 Å². The summed E-state index contributed by atoms with van der Waals surface area (Å²) in [6, 6.07) is 12.6. The van der Waals surface area contributed by atoms with Gasteiger partial charge in [-0.1, -0.05) is 12.7 Å². The maximum absolute atomic E-state index is 12.4. The maximum atomic E-state index is 12.4. The van der Waals surface area contributed by atoms with Gasteiger partial charge in [-0.25, -0.2) is 0 Å². The Labute approximate surface area is 154 Å². The van der Waals surface area contributed by atoms with Crippen molar-refractivity contribution in [1.82, 2.24) is 0 Å². The Kier molecular flexibility index (Phi) is 7.49. The zero-order valence-electron chi connectivity index (χ0n) is 15.2. The number of allylic oxidation sites excluding steroid dienone is 1. The van der Waals surface area contributed by atoms with Gasteiger partial charge in [0.1, 0.15) is 23.9 Å². The van der Waals surface area contributed by atoms with Gasteiger partial charge in [-0.05, 0) is 62.4 Å². The largest absolute Gasteiger partial charge is 0.494 e. The second-order valence-corrected chi connectivity index (χ2v) is 5.39. The fraction of sp³-hybridized carbons (Fsp3) is 0.227. The van der Waals surface area contributed by atoms with Crippen molar-refractivity contribution in [3.63, 3.8) is 0 Å². The van der Waals surface area contributed by atoms with Crippen LogP contribution >= 0.6 is 0 Å². The molecule has 0 unspecified atom stereocenters. The summed E-state index contributed by atoms with van der Waals surface area (Å²) in [6.07, 6.45) is 4.97. The highest BCUT2D eigenvalue weighted by Gasteiger charge is 2.06. The summed E-state index contributed by atoms with van der Waals surface area (Å²) in [6.45, 7) is 9.02. The molecule has 0 atom stereocenters. The second-order valence-electron chi connectivity index (χ2n) is 5.39. The Bertz CT molecular complexity index is 760. The lowest BCUT2D eigenvalue weighted by Gasteiger charge is -2.10. The van der Waals surface area contributed by atoms with Gasteiger partial charge >= 0.3 is 0 Å². The average Bonchev–Trinajstić information content (AvgIpc) is 2.66. The molecule has 0 aliphatic heterocycles. The molecule has 0 fully saturated rings. The topological polar surface area (TPSA) is 44.8 Å². The van der Waals surface area contributed by atoms with E-state index in [1.165, 1.54) is 6.08 Å². The maximum Gasteiger partial charge on any atom is 0.185 e. The summed E-state index contributed by atoms with van der Waals surface area (Å²) < 4.78 is 16.6. The van der Waals surface area contributed by atoms with Gasteiger partial charge < -0.3 is 14.2 Å². The highest BCUT2D eigenvalue weighted by atomic mass is 16.5. The fourth-order valence-electron chi connectivity index (χ4n) is 2.32. The Balaban J connectivity index is 2.12. The van der Waals surface area contributed by atoms with E-state index in [0.29, 0.717) is 36.9 Å². The number of ether oxygens (including phenoxy) is 3. The molecule has 0 N–H and O–H groups in total. The van der Waals surface area contributed by atoms with Gasteiger partial charge in [0.2, 0.25) is 0 Å². The predicted molar refractivity (Wildman–Crippen MR) is 104 cm³/mol. The molecular weight excluding hydrogens is 328 g/mol. The zero-order valence-corrected chi connectivity index (χ0v) is 15.2. The van der Waals surface area contributed by atoms with E-state index in [1.807, 2.05) is 32.0 Å². The molecule has 0 bridgehead atoms. The molecule has 2 aromatic carbocycles. The number of hydrogen-bond acceptors (Lipinski definition) is 4. The van der Waals surface area contributed by atoms with Crippen LogP contribution in [0, 0.1) is 0 Å². The smallest absolute Gasteiger partial charge is 0.185 e. The van der Waals surface area contributed by atoms with Gasteiger partial charge in [0, 0.05) is 17.2 Å². The van der Waals surface area contributed by atoms with E-state index < -0.39 is 0 Å². The molecule has 0 aliphatic carbocycles. The van der Waals surface area contributed by atoms with E-state index in [-0.39, 0.29) is 5.78 Å². The van der Waals surface area contributed by atoms with Crippen LogP contribution in [0.4, 0.5) is 0 Å². The molecule has 4 nitrogen and oxygen atoms in total. The quantitative estimate of drug-likeness (QED) is 0.345. The van der Waals surface area contributed by atoms with Gasteiger partial charge in [0.05, 0.1) is 13.2 Å². The predicted octanol–water partition coefficient (Wildman–Crippen LogP) is 4.94. The molecule has 0 heterocycles. The first-order valence-corrected chi connectivity index (χ1v) is 8.63. The van der Waals surface area contributed by atoms with Gasteiger partial charge in [0.15, 0.2) is 5.78 Å². The molecule has 2 rings (SSSR count). The summed E-state index contributed by atoms with van der Waals surface area (Å²) in [5.74, 6) is 2.05. The third-order valence-corrected chi connectivity index (χ3v) is 3.52. The van der Waals surface area contributed by atoms with E-state index >= 15 is 0 Å². The lowest BCUT2D eigenvalue weighted by Crippen LogP contribution is -1.98. The number of benzene rings is 2. The highest BCUT2D eigenvalue weighted by Crippen LogP contribution is 2.26. The Morgan fingerprint density at radius 1 is 0.962 bits per heavy atom. The van der Waals surface area contributed by atoms with Crippen LogP contribution in [0.1, 0.15) is 29.8 Å². The Morgan fingerprint density at radius 2 is 1.65 bits per heavy atom. The fourth-order valence-corrected chi connectivity index (χ4v) is 2.32. The summed E-state index contributed by atoms with van der Waals surface area (Å²) in [5.41, 5.74) is 1.42. The van der Waals surface area contributed by atoms with Gasteiger partial charge in [-0.2, -0.15) is 0 Å². The van der Waals surface area contributed by atoms with Crippen LogP contribution in [0.5, 0.6) is 17.2 Å². The molecule has 0 aliphatic rings. The molecule has 0 spiro atoms. The van der Waals surface area contributed by atoms with Crippen LogP contribution in [-0.2, 0) is 0 Å². The van der Waals surface area contributed by atoms with Crippen molar-refractivity contribution >= 4 is 11.9 Å². The SMILES string of the molecule is C=CCOc1ccc(C(=O)C=Cc2ccc(OCC)cc2OCC)cc1. The molecule has 0 saturated heterocycles. The van der Waals surface area contributed by atoms with E-state index in [2.05, 4.69) is 6.58 Å². The molecule has 136 valence electrons. The van der Waals surface area contributed by atoms with Crippen LogP contribution in [-0.4, -0.2) is 25.6 Å². The van der Waals surface area contributed by atoms with Crippen molar-refractivity contribution in [2.24, 2.45) is 0 Å². The third-order valence-electron chi connectivity index (χ3n) is 3.52. The Hall–Kier alpha value is -3.01. The standard InChI is InChI=1S/C22H24O4/c1-4-15-26-19-11-7-17(8-12-19)21(23)14-10-18-9-13-20(24-5-2)16-22(18)25-6-3/h4,7-14,16H,1,5-6,15H2,2-3H3. The lowest BCUT2D eigenvalue weighted by atomic mass is 10.1. The van der Waals surface area contributed by atoms with Crippen molar-refractivity contribution in [2.75, 3.05) is 19.8 Å². The molecule has 0 saturated carbocycles. The minimum absolute atomic E-state index is 0.0865. The number of ketones is 1. The number of carbonyl (C=O) groups is 1. The van der Waals surface area contributed by atoms with Gasteiger partial charge in [0.25, 0.3) is 0 Å². The minimum Gasteiger partial charge on any atom is -0.494 e. The summed E-state index contributed by atoms with van der Waals surface area (Å²) in [5, 5.41) is 0.